The van der Waals surface area contributed by atoms with E-state index in [0.29, 0.717) is 12.0 Å². The number of hydrogen-bond donors (Lipinski definition) is 2. The first-order valence-corrected chi connectivity index (χ1v) is 8.98. The Morgan fingerprint density at radius 1 is 1.30 bits per heavy atom. The lowest BCUT2D eigenvalue weighted by Gasteiger charge is -2.33. The van der Waals surface area contributed by atoms with Gasteiger partial charge in [-0.3, -0.25) is 4.21 Å². The fourth-order valence-corrected chi connectivity index (χ4v) is 3.53. The molecule has 0 amide bonds. The molecule has 0 bridgehead atoms. The van der Waals surface area contributed by atoms with Crippen LogP contribution in [0.2, 0.25) is 0 Å². The third kappa shape index (κ3) is 3.90. The Hall–Kier alpha value is -0.710. The van der Waals surface area contributed by atoms with E-state index in [-0.39, 0.29) is 12.6 Å². The molecule has 0 aromatic heterocycles. The molecule has 112 valence electrons. The maximum atomic E-state index is 11.4. The van der Waals surface area contributed by atoms with E-state index in [1.807, 2.05) is 24.3 Å². The summed E-state index contributed by atoms with van der Waals surface area (Å²) in [5, 5.41) is 13.1. The van der Waals surface area contributed by atoms with Gasteiger partial charge in [0.05, 0.1) is 0 Å². The topological polar surface area (TPSA) is 49.3 Å². The van der Waals surface area contributed by atoms with Crippen molar-refractivity contribution in [1.29, 1.82) is 0 Å². The maximum absolute atomic E-state index is 11.4. The quantitative estimate of drug-likeness (QED) is 0.878. The number of benzene rings is 1. The van der Waals surface area contributed by atoms with Crippen molar-refractivity contribution in [3.63, 3.8) is 0 Å². The van der Waals surface area contributed by atoms with Crippen molar-refractivity contribution >= 4 is 10.8 Å². The van der Waals surface area contributed by atoms with Gasteiger partial charge in [0.25, 0.3) is 0 Å². The predicted octanol–water partition coefficient (Wildman–Crippen LogP) is 2.63. The van der Waals surface area contributed by atoms with Gasteiger partial charge in [-0.05, 0) is 43.4 Å². The van der Waals surface area contributed by atoms with Gasteiger partial charge in [-0.25, -0.2) is 0 Å². The molecule has 4 atom stereocenters. The van der Waals surface area contributed by atoms with Gasteiger partial charge in [0, 0.05) is 40.6 Å². The molecule has 2 N–H and O–H groups in total. The summed E-state index contributed by atoms with van der Waals surface area (Å²) in [6.07, 6.45) is 6.44. The molecule has 0 radical (unpaired) electrons. The minimum atomic E-state index is -0.917. The summed E-state index contributed by atoms with van der Waals surface area (Å²) in [5.74, 6) is 0.383. The first-order chi connectivity index (χ1) is 9.61. The molecule has 0 heterocycles. The molecule has 1 saturated carbocycles. The summed E-state index contributed by atoms with van der Waals surface area (Å²) >= 11 is 0. The largest absolute Gasteiger partial charge is 0.396 e. The number of aliphatic hydroxyl groups excluding tert-OH is 1. The third-order valence-corrected chi connectivity index (χ3v) is 5.26. The Bertz CT molecular complexity index is 446. The summed E-state index contributed by atoms with van der Waals surface area (Å²) in [5.41, 5.74) is 1.21. The molecular formula is C16H25NO2S. The van der Waals surface area contributed by atoms with Gasteiger partial charge in [0.15, 0.2) is 0 Å². The highest BCUT2D eigenvalue weighted by Crippen LogP contribution is 2.26. The molecule has 3 nitrogen and oxygen atoms in total. The van der Waals surface area contributed by atoms with E-state index >= 15 is 0 Å². The molecule has 4 heteroatoms. The Balaban J connectivity index is 1.99. The molecule has 1 aromatic rings. The van der Waals surface area contributed by atoms with Gasteiger partial charge >= 0.3 is 0 Å². The molecular weight excluding hydrogens is 270 g/mol. The van der Waals surface area contributed by atoms with Crippen LogP contribution in [0.4, 0.5) is 0 Å². The van der Waals surface area contributed by atoms with E-state index in [9.17, 15) is 9.32 Å². The van der Waals surface area contributed by atoms with E-state index in [2.05, 4.69) is 12.2 Å². The zero-order chi connectivity index (χ0) is 14.5. The average Bonchev–Trinajstić information content (AvgIpc) is 2.48. The SMILES string of the molecule is CC(NC1CCCCC1CO)c1ccc(S(C)=O)cc1. The molecule has 0 spiro atoms. The molecule has 4 unspecified atom stereocenters. The second-order valence-corrected chi connectivity index (χ2v) is 7.12. The van der Waals surface area contributed by atoms with Gasteiger partial charge < -0.3 is 10.4 Å². The molecule has 20 heavy (non-hydrogen) atoms. The lowest BCUT2D eigenvalue weighted by atomic mass is 9.84. The second kappa shape index (κ2) is 7.34. The summed E-state index contributed by atoms with van der Waals surface area (Å²) in [7, 11) is -0.917. The van der Waals surface area contributed by atoms with E-state index in [4.69, 9.17) is 0 Å². The molecule has 0 saturated heterocycles. The van der Waals surface area contributed by atoms with Crippen molar-refractivity contribution in [2.75, 3.05) is 12.9 Å². The minimum Gasteiger partial charge on any atom is -0.396 e. The van der Waals surface area contributed by atoms with Crippen LogP contribution in [0.25, 0.3) is 0 Å². The standard InChI is InChI=1S/C16H25NO2S/c1-12(13-7-9-15(10-8-13)20(2)19)17-16-6-4-3-5-14(16)11-18/h7-10,12,14,16-18H,3-6,11H2,1-2H3. The third-order valence-electron chi connectivity index (χ3n) is 4.32. The van der Waals surface area contributed by atoms with Gasteiger partial charge in [-0.2, -0.15) is 0 Å². The Kier molecular flexibility index (Phi) is 5.75. The van der Waals surface area contributed by atoms with E-state index in [0.717, 1.165) is 17.7 Å². The van der Waals surface area contributed by atoms with Crippen LogP contribution in [0.15, 0.2) is 29.2 Å². The van der Waals surface area contributed by atoms with Crippen LogP contribution >= 0.6 is 0 Å². The van der Waals surface area contributed by atoms with Crippen LogP contribution in [-0.4, -0.2) is 28.2 Å². The predicted molar refractivity (Wildman–Crippen MR) is 83.2 cm³/mol. The minimum absolute atomic E-state index is 0.256. The van der Waals surface area contributed by atoms with Gasteiger partial charge in [-0.1, -0.05) is 25.0 Å². The molecule has 1 aliphatic rings. The fraction of sp³-hybridized carbons (Fsp3) is 0.625. The molecule has 1 aliphatic carbocycles. The smallest absolute Gasteiger partial charge is 0.0498 e. The summed E-state index contributed by atoms with van der Waals surface area (Å²) in [6, 6.07) is 8.63. The van der Waals surface area contributed by atoms with Crippen molar-refractivity contribution in [3.8, 4) is 0 Å². The Morgan fingerprint density at radius 2 is 1.95 bits per heavy atom. The highest BCUT2D eigenvalue weighted by atomic mass is 32.2. The van der Waals surface area contributed by atoms with Crippen molar-refractivity contribution in [3.05, 3.63) is 29.8 Å². The van der Waals surface area contributed by atoms with E-state index < -0.39 is 10.8 Å². The zero-order valence-electron chi connectivity index (χ0n) is 12.3. The summed E-state index contributed by atoms with van der Waals surface area (Å²) in [4.78, 5) is 0.867. The van der Waals surface area contributed by atoms with Crippen LogP contribution in [0.1, 0.15) is 44.2 Å². The zero-order valence-corrected chi connectivity index (χ0v) is 13.2. The molecule has 2 rings (SSSR count). The fourth-order valence-electron chi connectivity index (χ4n) is 3.01. The number of nitrogens with one attached hydrogen (secondary N) is 1. The number of rotatable bonds is 5. The highest BCUT2D eigenvalue weighted by molar-refractivity contribution is 7.84. The number of aliphatic hydroxyl groups is 1. The Labute approximate surface area is 124 Å². The monoisotopic (exact) mass is 295 g/mol. The van der Waals surface area contributed by atoms with Gasteiger partial charge in [-0.15, -0.1) is 0 Å². The second-order valence-electron chi connectivity index (χ2n) is 5.75. The van der Waals surface area contributed by atoms with Crippen LogP contribution in [-0.2, 0) is 10.8 Å². The average molecular weight is 295 g/mol. The Morgan fingerprint density at radius 3 is 2.55 bits per heavy atom. The van der Waals surface area contributed by atoms with Crippen LogP contribution in [0.3, 0.4) is 0 Å². The van der Waals surface area contributed by atoms with Crippen molar-refractivity contribution in [2.45, 2.75) is 49.6 Å². The number of hydrogen-bond acceptors (Lipinski definition) is 3. The summed E-state index contributed by atoms with van der Waals surface area (Å²) in [6.45, 7) is 2.43. The highest BCUT2D eigenvalue weighted by Gasteiger charge is 2.25. The van der Waals surface area contributed by atoms with Gasteiger partial charge in [0.2, 0.25) is 0 Å². The summed E-state index contributed by atoms with van der Waals surface area (Å²) < 4.78 is 11.4. The molecule has 1 fully saturated rings. The van der Waals surface area contributed by atoms with Crippen molar-refractivity contribution in [2.24, 2.45) is 5.92 Å². The normalized spacial score (nSPS) is 26.1. The van der Waals surface area contributed by atoms with Crippen LogP contribution in [0.5, 0.6) is 0 Å². The first-order valence-electron chi connectivity index (χ1n) is 7.42. The van der Waals surface area contributed by atoms with E-state index in [1.54, 1.807) is 6.26 Å². The lowest BCUT2D eigenvalue weighted by Crippen LogP contribution is -2.41. The lowest BCUT2D eigenvalue weighted by molar-refractivity contribution is 0.147. The van der Waals surface area contributed by atoms with Crippen LogP contribution < -0.4 is 5.32 Å². The van der Waals surface area contributed by atoms with Crippen molar-refractivity contribution in [1.82, 2.24) is 5.32 Å². The van der Waals surface area contributed by atoms with E-state index in [1.165, 1.54) is 18.4 Å². The van der Waals surface area contributed by atoms with Gasteiger partial charge in [0.1, 0.15) is 0 Å². The molecule has 1 aromatic carbocycles. The molecule has 0 aliphatic heterocycles. The van der Waals surface area contributed by atoms with Crippen LogP contribution in [0, 0.1) is 5.92 Å². The van der Waals surface area contributed by atoms with Crippen molar-refractivity contribution < 1.29 is 9.32 Å². The maximum Gasteiger partial charge on any atom is 0.0498 e. The first kappa shape index (κ1) is 15.7.